The van der Waals surface area contributed by atoms with Crippen LogP contribution in [0.25, 0.3) is 5.57 Å². The number of likely N-dealkylation sites (tertiary alicyclic amines) is 1. The number of nitrogens with zero attached hydrogens (tertiary/aromatic N) is 2. The monoisotopic (exact) mass is 454 g/mol. The maximum absolute atomic E-state index is 13.6. The molecule has 0 spiro atoms. The molecule has 168 valence electrons. The number of ether oxygens (including phenoxy) is 1. The van der Waals surface area contributed by atoms with E-state index in [0.717, 1.165) is 17.1 Å². The number of carbonyl (C=O) groups excluding carboxylic acids is 2. The van der Waals surface area contributed by atoms with Gasteiger partial charge in [0.05, 0.1) is 12.0 Å². The van der Waals surface area contributed by atoms with Crippen LogP contribution >= 0.6 is 0 Å². The highest BCUT2D eigenvalue weighted by atomic mass is 32.2. The highest BCUT2D eigenvalue weighted by Crippen LogP contribution is 2.40. The Morgan fingerprint density at radius 2 is 1.62 bits per heavy atom. The third-order valence-corrected chi connectivity index (χ3v) is 7.87. The Labute approximate surface area is 188 Å². The number of piperidine rings is 1. The van der Waals surface area contributed by atoms with E-state index in [9.17, 15) is 18.0 Å². The summed E-state index contributed by atoms with van der Waals surface area (Å²) in [6.45, 7) is 2.84. The number of carbonyl (C=O) groups is 2. The van der Waals surface area contributed by atoms with Crippen molar-refractivity contribution in [3.8, 4) is 0 Å². The van der Waals surface area contributed by atoms with Gasteiger partial charge in [-0.25, -0.2) is 17.5 Å². The van der Waals surface area contributed by atoms with Gasteiger partial charge in [-0.2, -0.15) is 0 Å². The van der Waals surface area contributed by atoms with Crippen molar-refractivity contribution in [3.05, 3.63) is 71.4 Å². The molecular formula is C24H26N2O5S. The van der Waals surface area contributed by atoms with Gasteiger partial charge < -0.3 is 9.64 Å². The summed E-state index contributed by atoms with van der Waals surface area (Å²) in [7, 11) is -2.94. The van der Waals surface area contributed by atoms with Crippen molar-refractivity contribution < 1.29 is 22.7 Å². The molecule has 2 aliphatic rings. The van der Waals surface area contributed by atoms with Crippen molar-refractivity contribution in [2.24, 2.45) is 5.92 Å². The number of amides is 1. The average molecular weight is 455 g/mol. The first kappa shape index (κ1) is 22.1. The fourth-order valence-electron chi connectivity index (χ4n) is 4.23. The predicted octanol–water partition coefficient (Wildman–Crippen LogP) is 2.88. The molecule has 0 saturated carbocycles. The van der Waals surface area contributed by atoms with Crippen molar-refractivity contribution in [1.29, 1.82) is 0 Å². The highest BCUT2D eigenvalue weighted by Gasteiger charge is 2.42. The maximum atomic E-state index is 13.6. The van der Waals surface area contributed by atoms with Crippen molar-refractivity contribution in [3.63, 3.8) is 0 Å². The molecule has 32 heavy (non-hydrogen) atoms. The largest absolute Gasteiger partial charge is 0.464 e. The van der Waals surface area contributed by atoms with E-state index in [2.05, 4.69) is 6.92 Å². The first-order valence-corrected chi connectivity index (χ1v) is 12.1. The minimum atomic E-state index is -4.15. The number of benzene rings is 2. The molecule has 8 heteroatoms. The third kappa shape index (κ3) is 3.90. The number of fused-ring (bicyclic) bond motifs is 1. The van der Waals surface area contributed by atoms with Gasteiger partial charge in [-0.05, 0) is 30.4 Å². The fourth-order valence-corrected chi connectivity index (χ4v) is 5.85. The van der Waals surface area contributed by atoms with Crippen molar-refractivity contribution in [2.45, 2.75) is 24.7 Å². The van der Waals surface area contributed by atoms with Gasteiger partial charge in [0, 0.05) is 24.2 Å². The molecule has 1 fully saturated rings. The lowest BCUT2D eigenvalue weighted by Crippen LogP contribution is -2.47. The SMILES string of the molecule is COC(=O)C1=C(c2ccccc2)c2ccccc2S(=O)(=O)N1CC(=O)N1CCC(C)CC1. The van der Waals surface area contributed by atoms with Crippen LogP contribution < -0.4 is 0 Å². The van der Waals surface area contributed by atoms with Crippen LogP contribution in [0.2, 0.25) is 0 Å². The Balaban J connectivity index is 1.87. The van der Waals surface area contributed by atoms with Crippen LogP contribution in [0.4, 0.5) is 0 Å². The summed E-state index contributed by atoms with van der Waals surface area (Å²) in [5.74, 6) is -0.601. The molecule has 1 amide bonds. The highest BCUT2D eigenvalue weighted by molar-refractivity contribution is 7.89. The van der Waals surface area contributed by atoms with Gasteiger partial charge in [-0.15, -0.1) is 0 Å². The summed E-state index contributed by atoms with van der Waals surface area (Å²) in [5, 5.41) is 0. The molecule has 0 unspecified atom stereocenters. The molecule has 0 atom stereocenters. The standard InChI is InChI=1S/C24H26N2O5S/c1-17-12-14-25(15-13-17)21(27)16-26-23(24(28)31-2)22(18-8-4-3-5-9-18)19-10-6-7-11-20(19)32(26,29)30/h3-11,17H,12-16H2,1-2H3. The summed E-state index contributed by atoms with van der Waals surface area (Å²) < 4.78 is 33.1. The number of esters is 1. The zero-order valence-corrected chi connectivity index (χ0v) is 19.0. The Bertz CT molecular complexity index is 1170. The molecule has 0 bridgehead atoms. The minimum absolute atomic E-state index is 0.0616. The van der Waals surface area contributed by atoms with E-state index < -0.39 is 22.5 Å². The van der Waals surface area contributed by atoms with E-state index in [1.807, 2.05) is 18.2 Å². The summed E-state index contributed by atoms with van der Waals surface area (Å²) in [4.78, 5) is 27.8. The molecule has 2 aromatic carbocycles. The molecular weight excluding hydrogens is 428 g/mol. The maximum Gasteiger partial charge on any atom is 0.356 e. The van der Waals surface area contributed by atoms with Gasteiger partial charge in [-0.3, -0.25) is 4.79 Å². The lowest BCUT2D eigenvalue weighted by Gasteiger charge is -2.35. The van der Waals surface area contributed by atoms with Gasteiger partial charge in [0.2, 0.25) is 5.91 Å². The van der Waals surface area contributed by atoms with E-state index in [-0.39, 0.29) is 16.5 Å². The van der Waals surface area contributed by atoms with Crippen LogP contribution in [-0.2, 0) is 24.3 Å². The molecule has 0 aromatic heterocycles. The van der Waals surface area contributed by atoms with Crippen LogP contribution in [-0.4, -0.2) is 56.2 Å². The molecule has 0 N–H and O–H groups in total. The minimum Gasteiger partial charge on any atom is -0.464 e. The second kappa shape index (κ2) is 8.78. The summed E-state index contributed by atoms with van der Waals surface area (Å²) >= 11 is 0. The number of rotatable bonds is 4. The number of hydrogen-bond donors (Lipinski definition) is 0. The van der Waals surface area contributed by atoms with Crippen molar-refractivity contribution in [1.82, 2.24) is 9.21 Å². The first-order chi connectivity index (χ1) is 15.3. The lowest BCUT2D eigenvalue weighted by molar-refractivity contribution is -0.137. The first-order valence-electron chi connectivity index (χ1n) is 10.6. The van der Waals surface area contributed by atoms with E-state index >= 15 is 0 Å². The van der Waals surface area contributed by atoms with Crippen LogP contribution in [0, 0.1) is 5.92 Å². The Hall–Kier alpha value is -3.13. The second-order valence-corrected chi connectivity index (χ2v) is 9.98. The Morgan fingerprint density at radius 3 is 2.28 bits per heavy atom. The van der Waals surface area contributed by atoms with E-state index in [0.29, 0.717) is 35.7 Å². The molecule has 0 radical (unpaired) electrons. The van der Waals surface area contributed by atoms with Crippen molar-refractivity contribution in [2.75, 3.05) is 26.7 Å². The third-order valence-electron chi connectivity index (χ3n) is 6.07. The lowest BCUT2D eigenvalue weighted by atomic mass is 9.95. The van der Waals surface area contributed by atoms with Gasteiger partial charge in [0.15, 0.2) is 0 Å². The number of sulfonamides is 1. The summed E-state index contributed by atoms with van der Waals surface area (Å²) in [6.07, 6.45) is 1.74. The van der Waals surface area contributed by atoms with Crippen LogP contribution in [0.5, 0.6) is 0 Å². The summed E-state index contributed by atoms with van der Waals surface area (Å²) in [5.41, 5.74) is 1.37. The number of hydrogen-bond acceptors (Lipinski definition) is 5. The molecule has 2 aliphatic heterocycles. The molecule has 1 saturated heterocycles. The molecule has 7 nitrogen and oxygen atoms in total. The average Bonchev–Trinajstić information content (AvgIpc) is 2.81. The van der Waals surface area contributed by atoms with Gasteiger partial charge in [-0.1, -0.05) is 55.5 Å². The zero-order valence-electron chi connectivity index (χ0n) is 18.2. The quantitative estimate of drug-likeness (QED) is 0.664. The van der Waals surface area contributed by atoms with Gasteiger partial charge in [0.1, 0.15) is 12.2 Å². The molecule has 2 aromatic rings. The number of methoxy groups -OCH3 is 1. The smallest absolute Gasteiger partial charge is 0.356 e. The van der Waals surface area contributed by atoms with E-state index in [1.54, 1.807) is 35.2 Å². The molecule has 4 rings (SSSR count). The van der Waals surface area contributed by atoms with Gasteiger partial charge in [0.25, 0.3) is 10.0 Å². The predicted molar refractivity (Wildman–Crippen MR) is 120 cm³/mol. The van der Waals surface area contributed by atoms with Gasteiger partial charge >= 0.3 is 5.97 Å². The topological polar surface area (TPSA) is 84.0 Å². The summed E-state index contributed by atoms with van der Waals surface area (Å²) in [6, 6.07) is 15.6. The normalized spacial score (nSPS) is 18.3. The molecule has 0 aliphatic carbocycles. The fraction of sp³-hybridized carbons (Fsp3) is 0.333. The Morgan fingerprint density at radius 1 is 1.00 bits per heavy atom. The van der Waals surface area contributed by atoms with E-state index in [1.165, 1.54) is 13.2 Å². The Kier molecular flexibility index (Phi) is 6.06. The van der Waals surface area contributed by atoms with Crippen LogP contribution in [0.1, 0.15) is 30.9 Å². The molecule has 2 heterocycles. The van der Waals surface area contributed by atoms with Crippen LogP contribution in [0.3, 0.4) is 0 Å². The van der Waals surface area contributed by atoms with Crippen LogP contribution in [0.15, 0.2) is 65.2 Å². The van der Waals surface area contributed by atoms with E-state index in [4.69, 9.17) is 4.74 Å². The zero-order chi connectivity index (χ0) is 22.9. The van der Waals surface area contributed by atoms with Crippen molar-refractivity contribution >= 4 is 27.5 Å². The second-order valence-electron chi connectivity index (χ2n) is 8.15.